The molecule has 1 aromatic carbocycles. The molecule has 0 heterocycles. The lowest BCUT2D eigenvalue weighted by molar-refractivity contribution is -0.524. The Bertz CT molecular complexity index is 636. The van der Waals surface area contributed by atoms with Crippen LogP contribution in [0.1, 0.15) is 12.0 Å². The number of carbonyl (C=O) groups excluding carboxylic acids is 1. The molecule has 0 saturated heterocycles. The molecular weight excluding hydrogens is 334 g/mol. The number of nitrogens with two attached hydrogens (primary N) is 2. The number of nitrogens with one attached hydrogen (secondary N) is 1. The zero-order valence-corrected chi connectivity index (χ0v) is 13.2. The highest BCUT2D eigenvalue weighted by Gasteiger charge is 2.33. The van der Waals surface area contributed by atoms with Crippen molar-refractivity contribution in [1.82, 2.24) is 5.32 Å². The maximum atomic E-state index is 11.5. The SMILES string of the molecule is NC(=NCCC([C@H](N)C(=O)O)[N+](=O)[O-])NC(=O)OCc1ccccc1. The Morgan fingerprint density at radius 3 is 2.56 bits per heavy atom. The molecule has 6 N–H and O–H groups in total. The Hall–Kier alpha value is -3.21. The molecule has 0 bridgehead atoms. The summed E-state index contributed by atoms with van der Waals surface area (Å²) in [6.07, 6.45) is -1.08. The smallest absolute Gasteiger partial charge is 0.414 e. The molecule has 0 fully saturated rings. The van der Waals surface area contributed by atoms with Crippen LogP contribution in [0.15, 0.2) is 35.3 Å². The average molecular weight is 353 g/mol. The van der Waals surface area contributed by atoms with Gasteiger partial charge in [-0.05, 0) is 5.56 Å². The van der Waals surface area contributed by atoms with E-state index in [9.17, 15) is 19.7 Å². The molecule has 0 radical (unpaired) electrons. The average Bonchev–Trinajstić information content (AvgIpc) is 2.56. The molecule has 0 aliphatic carbocycles. The minimum Gasteiger partial charge on any atom is -0.480 e. The molecule has 136 valence electrons. The first-order valence-corrected chi connectivity index (χ1v) is 7.20. The minimum absolute atomic E-state index is 0.0385. The van der Waals surface area contributed by atoms with Crippen LogP contribution in [-0.2, 0) is 16.1 Å². The maximum Gasteiger partial charge on any atom is 0.414 e. The van der Waals surface area contributed by atoms with E-state index in [2.05, 4.69) is 10.3 Å². The zero-order valence-electron chi connectivity index (χ0n) is 13.2. The van der Waals surface area contributed by atoms with E-state index in [0.29, 0.717) is 0 Å². The van der Waals surface area contributed by atoms with Gasteiger partial charge in [0.2, 0.25) is 6.04 Å². The number of alkyl carbamates (subject to hydrolysis) is 1. The fraction of sp³-hybridized carbons (Fsp3) is 0.357. The van der Waals surface area contributed by atoms with Crippen molar-refractivity contribution in [2.24, 2.45) is 16.5 Å². The first-order chi connectivity index (χ1) is 11.8. The van der Waals surface area contributed by atoms with Crippen LogP contribution < -0.4 is 16.8 Å². The number of guanidine groups is 1. The predicted molar refractivity (Wildman–Crippen MR) is 87.3 cm³/mol. The molecule has 25 heavy (non-hydrogen) atoms. The van der Waals surface area contributed by atoms with E-state index in [1.54, 1.807) is 24.3 Å². The van der Waals surface area contributed by atoms with E-state index in [0.717, 1.165) is 5.56 Å². The summed E-state index contributed by atoms with van der Waals surface area (Å²) in [6, 6.07) is 5.78. The molecule has 11 heteroatoms. The Balaban J connectivity index is 2.42. The molecule has 11 nitrogen and oxygen atoms in total. The number of carbonyl (C=O) groups is 2. The van der Waals surface area contributed by atoms with Crippen LogP contribution in [0.4, 0.5) is 4.79 Å². The maximum absolute atomic E-state index is 11.5. The second kappa shape index (κ2) is 9.82. The lowest BCUT2D eigenvalue weighted by atomic mass is 10.1. The molecule has 0 saturated carbocycles. The summed E-state index contributed by atoms with van der Waals surface area (Å²) < 4.78 is 4.92. The number of carboxylic acids is 1. The lowest BCUT2D eigenvalue weighted by Crippen LogP contribution is -2.46. The van der Waals surface area contributed by atoms with Crippen LogP contribution in [0.25, 0.3) is 0 Å². The van der Waals surface area contributed by atoms with E-state index in [1.807, 2.05) is 6.07 Å². The molecule has 1 rings (SSSR count). The molecule has 1 amide bonds. The van der Waals surface area contributed by atoms with Crippen molar-refractivity contribution in [3.05, 3.63) is 46.0 Å². The van der Waals surface area contributed by atoms with E-state index in [1.165, 1.54) is 0 Å². The highest BCUT2D eigenvalue weighted by Crippen LogP contribution is 2.03. The van der Waals surface area contributed by atoms with Gasteiger partial charge in [-0.25, -0.2) is 4.79 Å². The minimum atomic E-state index is -1.66. The second-order valence-corrected chi connectivity index (χ2v) is 4.96. The Morgan fingerprint density at radius 1 is 1.36 bits per heavy atom. The van der Waals surface area contributed by atoms with Gasteiger partial charge in [-0.3, -0.25) is 25.2 Å². The van der Waals surface area contributed by atoms with Crippen molar-refractivity contribution < 1.29 is 24.4 Å². The predicted octanol–water partition coefficient (Wildman–Crippen LogP) is -0.325. The summed E-state index contributed by atoms with van der Waals surface area (Å²) in [5.41, 5.74) is 11.5. The first-order valence-electron chi connectivity index (χ1n) is 7.20. The van der Waals surface area contributed by atoms with Crippen molar-refractivity contribution in [2.75, 3.05) is 6.54 Å². The second-order valence-electron chi connectivity index (χ2n) is 4.96. The molecule has 1 unspecified atom stereocenters. The summed E-state index contributed by atoms with van der Waals surface area (Å²) in [5, 5.41) is 21.7. The van der Waals surface area contributed by atoms with Crippen molar-refractivity contribution >= 4 is 18.0 Å². The van der Waals surface area contributed by atoms with E-state index < -0.39 is 29.1 Å². The number of nitrogens with zero attached hydrogens (tertiary/aromatic N) is 2. The topological polar surface area (TPSA) is 183 Å². The summed E-state index contributed by atoms with van der Waals surface area (Å²) in [4.78, 5) is 36.0. The largest absolute Gasteiger partial charge is 0.480 e. The number of nitro groups is 1. The van der Waals surface area contributed by atoms with Gasteiger partial charge in [0.25, 0.3) is 0 Å². The van der Waals surface area contributed by atoms with Gasteiger partial charge in [-0.1, -0.05) is 30.3 Å². The van der Waals surface area contributed by atoms with Crippen molar-refractivity contribution in [3.63, 3.8) is 0 Å². The van der Waals surface area contributed by atoms with Crippen LogP contribution in [0, 0.1) is 10.1 Å². The monoisotopic (exact) mass is 353 g/mol. The number of rotatable bonds is 8. The Labute approximate surface area is 142 Å². The third-order valence-corrected chi connectivity index (χ3v) is 3.12. The van der Waals surface area contributed by atoms with E-state index in [4.69, 9.17) is 21.3 Å². The van der Waals surface area contributed by atoms with Crippen LogP contribution >= 0.6 is 0 Å². The lowest BCUT2D eigenvalue weighted by Gasteiger charge is -2.12. The number of aliphatic carboxylic acids is 1. The van der Waals surface area contributed by atoms with Gasteiger partial charge in [0.1, 0.15) is 6.61 Å². The number of aliphatic imine (C=N–C) groups is 1. The van der Waals surface area contributed by atoms with Crippen LogP contribution in [0.2, 0.25) is 0 Å². The van der Waals surface area contributed by atoms with Gasteiger partial charge >= 0.3 is 12.1 Å². The Morgan fingerprint density at radius 2 is 2.00 bits per heavy atom. The van der Waals surface area contributed by atoms with Crippen LogP contribution in [-0.4, -0.2) is 46.7 Å². The summed E-state index contributed by atoms with van der Waals surface area (Å²) in [7, 11) is 0. The molecule has 0 spiro atoms. The highest BCUT2D eigenvalue weighted by atomic mass is 16.6. The van der Waals surface area contributed by atoms with Crippen molar-refractivity contribution in [2.45, 2.75) is 25.1 Å². The fourth-order valence-corrected chi connectivity index (χ4v) is 1.80. The summed E-state index contributed by atoms with van der Waals surface area (Å²) in [5.74, 6) is -1.79. The van der Waals surface area contributed by atoms with Crippen molar-refractivity contribution in [1.29, 1.82) is 0 Å². The number of carboxylic acid groups (broad SMARTS) is 1. The molecule has 0 aromatic heterocycles. The van der Waals surface area contributed by atoms with Gasteiger partial charge in [0.05, 0.1) is 0 Å². The third-order valence-electron chi connectivity index (χ3n) is 3.12. The first kappa shape index (κ1) is 19.8. The van der Waals surface area contributed by atoms with Crippen LogP contribution in [0.5, 0.6) is 0 Å². The van der Waals surface area contributed by atoms with E-state index in [-0.39, 0.29) is 25.5 Å². The fourth-order valence-electron chi connectivity index (χ4n) is 1.80. The number of hydrogen-bond donors (Lipinski definition) is 4. The van der Waals surface area contributed by atoms with E-state index >= 15 is 0 Å². The van der Waals surface area contributed by atoms with Gasteiger partial charge in [0.15, 0.2) is 12.0 Å². The van der Waals surface area contributed by atoms with Gasteiger partial charge in [-0.2, -0.15) is 0 Å². The Kier molecular flexibility index (Phi) is 7.79. The molecule has 2 atom stereocenters. The van der Waals surface area contributed by atoms with Crippen LogP contribution in [0.3, 0.4) is 0 Å². The number of benzene rings is 1. The molecular formula is C14H19N5O6. The standard InChI is InChI=1S/C14H19N5O6/c15-11(12(20)21)10(19(23)24)6-7-17-13(16)18-14(22)25-8-9-4-2-1-3-5-9/h1-5,10-11H,6-8,15H2,(H,20,21)(H3,16,17,18,22)/t10?,11-/m0/s1. The molecule has 0 aliphatic rings. The highest BCUT2D eigenvalue weighted by molar-refractivity contribution is 5.92. The number of amides is 1. The van der Waals surface area contributed by atoms with Gasteiger partial charge in [0, 0.05) is 17.9 Å². The number of ether oxygens (including phenoxy) is 1. The van der Waals surface area contributed by atoms with Gasteiger partial charge in [-0.15, -0.1) is 0 Å². The molecule has 1 aromatic rings. The summed E-state index contributed by atoms with van der Waals surface area (Å²) in [6.45, 7) is -0.145. The normalized spacial score (nSPS) is 13.6. The number of hydrogen-bond acceptors (Lipinski definition) is 7. The zero-order chi connectivity index (χ0) is 18.8. The third kappa shape index (κ3) is 7.26. The quantitative estimate of drug-likeness (QED) is 0.212. The van der Waals surface area contributed by atoms with Gasteiger partial charge < -0.3 is 21.3 Å². The van der Waals surface area contributed by atoms with Crippen molar-refractivity contribution in [3.8, 4) is 0 Å². The molecule has 0 aliphatic heterocycles. The summed E-state index contributed by atoms with van der Waals surface area (Å²) >= 11 is 0.